The number of benzene rings is 1. The van der Waals surface area contributed by atoms with Crippen molar-refractivity contribution < 1.29 is 14.1 Å². The van der Waals surface area contributed by atoms with Crippen LogP contribution < -0.4 is 10.7 Å². The van der Waals surface area contributed by atoms with Gasteiger partial charge in [0.1, 0.15) is 17.1 Å². The summed E-state index contributed by atoms with van der Waals surface area (Å²) in [5.41, 5.74) is -0.921. The highest BCUT2D eigenvalue weighted by Gasteiger charge is 2.19. The maximum atomic E-state index is 13.0. The number of hydrogen-bond donors (Lipinski definition) is 2. The number of nitrogens with one attached hydrogen (secondary N) is 2. The number of aromatic amines is 1. The number of aryl methyl sites for hydroxylation is 1. The summed E-state index contributed by atoms with van der Waals surface area (Å²) >= 11 is 0. The van der Waals surface area contributed by atoms with Crippen molar-refractivity contribution in [3.8, 4) is 0 Å². The van der Waals surface area contributed by atoms with Crippen LogP contribution in [0.15, 0.2) is 35.3 Å². The van der Waals surface area contributed by atoms with Crippen molar-refractivity contribution in [3.05, 3.63) is 67.9 Å². The Morgan fingerprint density at radius 1 is 1.38 bits per heavy atom. The highest BCUT2D eigenvalue weighted by Crippen LogP contribution is 2.25. The second kappa shape index (κ2) is 5.53. The maximum absolute atomic E-state index is 13.0. The van der Waals surface area contributed by atoms with Gasteiger partial charge in [-0.25, -0.2) is 4.39 Å². The SMILES string of the molecule is Cc1cc(=O)c(C(=O)Nc2ccc(F)cc2[N+](=O)[O-])c[nH]1. The second-order valence-electron chi connectivity index (χ2n) is 4.27. The van der Waals surface area contributed by atoms with Crippen molar-refractivity contribution in [2.75, 3.05) is 5.32 Å². The molecule has 8 heteroatoms. The van der Waals surface area contributed by atoms with Crippen molar-refractivity contribution in [2.24, 2.45) is 0 Å². The van der Waals surface area contributed by atoms with Crippen molar-refractivity contribution in [1.82, 2.24) is 4.98 Å². The minimum Gasteiger partial charge on any atom is -0.364 e. The number of pyridine rings is 1. The molecular weight excluding hydrogens is 281 g/mol. The molecule has 2 rings (SSSR count). The highest BCUT2D eigenvalue weighted by molar-refractivity contribution is 6.05. The average Bonchev–Trinajstić information content (AvgIpc) is 2.40. The van der Waals surface area contributed by atoms with Crippen LogP contribution in [-0.2, 0) is 0 Å². The number of carbonyl (C=O) groups is 1. The number of rotatable bonds is 3. The van der Waals surface area contributed by atoms with Crippen LogP contribution in [0.4, 0.5) is 15.8 Å². The molecule has 0 radical (unpaired) electrons. The number of nitro benzene ring substituents is 1. The molecule has 0 aliphatic heterocycles. The number of amides is 1. The summed E-state index contributed by atoms with van der Waals surface area (Å²) in [6.45, 7) is 1.65. The van der Waals surface area contributed by atoms with Crippen molar-refractivity contribution in [1.29, 1.82) is 0 Å². The Labute approximate surface area is 117 Å². The van der Waals surface area contributed by atoms with E-state index in [0.29, 0.717) is 11.8 Å². The first-order valence-corrected chi connectivity index (χ1v) is 5.83. The Bertz CT molecular complexity index is 785. The van der Waals surface area contributed by atoms with Crippen LogP contribution in [-0.4, -0.2) is 15.8 Å². The number of H-pyrrole nitrogens is 1. The van der Waals surface area contributed by atoms with Gasteiger partial charge in [0.15, 0.2) is 5.43 Å². The van der Waals surface area contributed by atoms with Gasteiger partial charge in [-0.2, -0.15) is 0 Å². The first-order chi connectivity index (χ1) is 9.88. The fraction of sp³-hybridized carbons (Fsp3) is 0.0769. The van der Waals surface area contributed by atoms with E-state index in [1.54, 1.807) is 6.92 Å². The molecule has 0 bridgehead atoms. The van der Waals surface area contributed by atoms with Gasteiger partial charge in [-0.3, -0.25) is 19.7 Å². The summed E-state index contributed by atoms with van der Waals surface area (Å²) in [5.74, 6) is -1.61. The Morgan fingerprint density at radius 2 is 2.10 bits per heavy atom. The van der Waals surface area contributed by atoms with E-state index in [-0.39, 0.29) is 11.3 Å². The zero-order valence-corrected chi connectivity index (χ0v) is 10.8. The first-order valence-electron chi connectivity index (χ1n) is 5.83. The van der Waals surface area contributed by atoms with Gasteiger partial charge in [-0.15, -0.1) is 0 Å². The molecule has 7 nitrogen and oxygen atoms in total. The smallest absolute Gasteiger partial charge is 0.295 e. The van der Waals surface area contributed by atoms with Crippen LogP contribution in [0.1, 0.15) is 16.1 Å². The van der Waals surface area contributed by atoms with Gasteiger partial charge < -0.3 is 10.3 Å². The number of aromatic nitrogens is 1. The zero-order valence-electron chi connectivity index (χ0n) is 10.8. The van der Waals surface area contributed by atoms with E-state index in [2.05, 4.69) is 10.3 Å². The lowest BCUT2D eigenvalue weighted by Crippen LogP contribution is -2.22. The fourth-order valence-electron chi connectivity index (χ4n) is 1.70. The summed E-state index contributed by atoms with van der Waals surface area (Å²) in [7, 11) is 0. The molecular formula is C13H10FN3O4. The molecule has 0 aliphatic rings. The van der Waals surface area contributed by atoms with E-state index in [0.717, 1.165) is 12.1 Å². The third-order valence-electron chi connectivity index (χ3n) is 2.71. The normalized spacial score (nSPS) is 10.2. The molecule has 1 aromatic carbocycles. The molecule has 2 N–H and O–H groups in total. The third-order valence-corrected chi connectivity index (χ3v) is 2.71. The van der Waals surface area contributed by atoms with Gasteiger partial charge in [0.2, 0.25) is 0 Å². The fourth-order valence-corrected chi connectivity index (χ4v) is 1.70. The van der Waals surface area contributed by atoms with E-state index in [4.69, 9.17) is 0 Å². The molecule has 1 heterocycles. The van der Waals surface area contributed by atoms with Crippen LogP contribution in [0.5, 0.6) is 0 Å². The van der Waals surface area contributed by atoms with E-state index < -0.39 is 27.8 Å². The van der Waals surface area contributed by atoms with Crippen LogP contribution in [0.3, 0.4) is 0 Å². The Morgan fingerprint density at radius 3 is 2.71 bits per heavy atom. The van der Waals surface area contributed by atoms with Gasteiger partial charge in [0.25, 0.3) is 11.6 Å². The molecule has 0 fully saturated rings. The quantitative estimate of drug-likeness (QED) is 0.666. The Hall–Kier alpha value is -3.03. The molecule has 0 aliphatic carbocycles. The van der Waals surface area contributed by atoms with Crippen molar-refractivity contribution >= 4 is 17.3 Å². The van der Waals surface area contributed by atoms with Crippen LogP contribution in [0.2, 0.25) is 0 Å². The topological polar surface area (TPSA) is 105 Å². The standard InChI is InChI=1S/C13H10FN3O4/c1-7-4-12(18)9(6-15-7)13(19)16-10-3-2-8(14)5-11(10)17(20)21/h2-6H,1H3,(H,15,18)(H,16,19). The number of nitro groups is 1. The average molecular weight is 291 g/mol. The minimum atomic E-state index is -0.821. The summed E-state index contributed by atoms with van der Waals surface area (Å²) in [6.07, 6.45) is 1.21. The van der Waals surface area contributed by atoms with Crippen LogP contribution >= 0.6 is 0 Å². The van der Waals surface area contributed by atoms with Crippen molar-refractivity contribution in [3.63, 3.8) is 0 Å². The molecule has 1 aromatic heterocycles. The van der Waals surface area contributed by atoms with Gasteiger partial charge in [-0.05, 0) is 19.1 Å². The first kappa shape index (κ1) is 14.4. The number of halogens is 1. The molecule has 0 unspecified atom stereocenters. The molecule has 21 heavy (non-hydrogen) atoms. The van der Waals surface area contributed by atoms with Gasteiger partial charge >= 0.3 is 0 Å². The number of anilines is 1. The summed E-state index contributed by atoms with van der Waals surface area (Å²) in [4.78, 5) is 36.3. The van der Waals surface area contributed by atoms with Crippen LogP contribution in [0.25, 0.3) is 0 Å². The minimum absolute atomic E-state index is 0.189. The Balaban J connectivity index is 2.36. The number of hydrogen-bond acceptors (Lipinski definition) is 4. The third kappa shape index (κ3) is 3.11. The number of nitrogens with zero attached hydrogens (tertiary/aromatic N) is 1. The van der Waals surface area contributed by atoms with Gasteiger partial charge in [0, 0.05) is 18.0 Å². The summed E-state index contributed by atoms with van der Waals surface area (Å²) < 4.78 is 13.0. The van der Waals surface area contributed by atoms with Gasteiger partial charge in [-0.1, -0.05) is 0 Å². The Kier molecular flexibility index (Phi) is 3.79. The van der Waals surface area contributed by atoms with E-state index >= 15 is 0 Å². The predicted octanol–water partition coefficient (Wildman–Crippen LogP) is 1.98. The molecule has 2 aromatic rings. The molecule has 1 amide bonds. The lowest BCUT2D eigenvalue weighted by Gasteiger charge is -2.06. The summed E-state index contributed by atoms with van der Waals surface area (Å²) in [6, 6.07) is 3.96. The van der Waals surface area contributed by atoms with E-state index in [9.17, 15) is 24.1 Å². The largest absolute Gasteiger partial charge is 0.364 e. The van der Waals surface area contributed by atoms with Crippen LogP contribution in [0, 0.1) is 22.9 Å². The predicted molar refractivity (Wildman–Crippen MR) is 72.8 cm³/mol. The summed E-state index contributed by atoms with van der Waals surface area (Å²) in [5, 5.41) is 13.1. The second-order valence-corrected chi connectivity index (χ2v) is 4.27. The van der Waals surface area contributed by atoms with Crippen molar-refractivity contribution in [2.45, 2.75) is 6.92 Å². The zero-order chi connectivity index (χ0) is 15.6. The highest BCUT2D eigenvalue weighted by atomic mass is 19.1. The van der Waals surface area contributed by atoms with E-state index in [1.165, 1.54) is 12.3 Å². The van der Waals surface area contributed by atoms with E-state index in [1.807, 2.05) is 0 Å². The number of carbonyl (C=O) groups excluding carboxylic acids is 1. The monoisotopic (exact) mass is 291 g/mol. The lowest BCUT2D eigenvalue weighted by molar-refractivity contribution is -0.384. The molecule has 0 spiro atoms. The molecule has 0 atom stereocenters. The maximum Gasteiger partial charge on any atom is 0.295 e. The molecule has 108 valence electrons. The lowest BCUT2D eigenvalue weighted by atomic mass is 10.2. The molecule has 0 saturated heterocycles. The van der Waals surface area contributed by atoms with Gasteiger partial charge in [0.05, 0.1) is 11.0 Å². The molecule has 0 saturated carbocycles.